The van der Waals surface area contributed by atoms with Crippen LogP contribution in [-0.4, -0.2) is 21.9 Å². The van der Waals surface area contributed by atoms with Crippen molar-refractivity contribution in [2.45, 2.75) is 23.5 Å². The summed E-state index contributed by atoms with van der Waals surface area (Å²) >= 11 is 1.42. The number of para-hydroxylation sites is 1. The zero-order chi connectivity index (χ0) is 11.3. The monoisotopic (exact) mass is 227 g/mol. The molecule has 1 atom stereocenters. The first-order valence-corrected chi connectivity index (χ1v) is 5.54. The fourth-order valence-electron chi connectivity index (χ4n) is 1.17. The lowest BCUT2D eigenvalue weighted by Gasteiger charge is -2.08. The summed E-state index contributed by atoms with van der Waals surface area (Å²) in [7, 11) is 0. The van der Waals surface area contributed by atoms with Gasteiger partial charge in [0.1, 0.15) is 0 Å². The lowest BCUT2D eigenvalue weighted by Crippen LogP contribution is -2.00. The van der Waals surface area contributed by atoms with Crippen LogP contribution in [0, 0.1) is 10.1 Å². The van der Waals surface area contributed by atoms with Crippen molar-refractivity contribution in [3.63, 3.8) is 0 Å². The molecule has 82 valence electrons. The molecule has 0 spiro atoms. The Morgan fingerprint density at radius 3 is 2.80 bits per heavy atom. The summed E-state index contributed by atoms with van der Waals surface area (Å²) in [6.07, 6.45) is 0.636. The molecule has 0 radical (unpaired) electrons. The first-order chi connectivity index (χ1) is 7.15. The van der Waals surface area contributed by atoms with Gasteiger partial charge < -0.3 is 5.11 Å². The normalized spacial score (nSPS) is 12.4. The lowest BCUT2D eigenvalue weighted by molar-refractivity contribution is -0.387. The van der Waals surface area contributed by atoms with Crippen molar-refractivity contribution in [1.29, 1.82) is 0 Å². The van der Waals surface area contributed by atoms with Crippen LogP contribution >= 0.6 is 11.8 Å². The Balaban J connectivity index is 2.79. The molecule has 0 aliphatic rings. The maximum absolute atomic E-state index is 10.7. The summed E-state index contributed by atoms with van der Waals surface area (Å²) in [5.41, 5.74) is 0.132. The number of nitro benzene ring substituents is 1. The molecular weight excluding hydrogens is 214 g/mol. The van der Waals surface area contributed by atoms with Gasteiger partial charge >= 0.3 is 0 Å². The van der Waals surface area contributed by atoms with E-state index in [1.54, 1.807) is 18.2 Å². The van der Waals surface area contributed by atoms with Gasteiger partial charge in [0, 0.05) is 17.9 Å². The van der Waals surface area contributed by atoms with Gasteiger partial charge in [-0.25, -0.2) is 0 Å². The summed E-state index contributed by atoms with van der Waals surface area (Å²) in [5.74, 6) is 0. The van der Waals surface area contributed by atoms with Crippen molar-refractivity contribution in [3.05, 3.63) is 34.4 Å². The first-order valence-electron chi connectivity index (χ1n) is 4.66. The zero-order valence-electron chi connectivity index (χ0n) is 8.42. The highest BCUT2D eigenvalue weighted by Gasteiger charge is 2.15. The third kappa shape index (κ3) is 3.53. The first kappa shape index (κ1) is 12.0. The maximum Gasteiger partial charge on any atom is 0.282 e. The molecule has 0 aliphatic heterocycles. The molecule has 4 nitrogen and oxygen atoms in total. The van der Waals surface area contributed by atoms with Gasteiger partial charge in [-0.15, -0.1) is 11.8 Å². The molecule has 0 fully saturated rings. The van der Waals surface area contributed by atoms with E-state index in [0.29, 0.717) is 11.3 Å². The highest BCUT2D eigenvalue weighted by molar-refractivity contribution is 8.00. The highest BCUT2D eigenvalue weighted by Crippen LogP contribution is 2.32. The number of hydrogen-bond donors (Lipinski definition) is 1. The van der Waals surface area contributed by atoms with Crippen molar-refractivity contribution < 1.29 is 10.0 Å². The molecule has 0 aliphatic carbocycles. The molecule has 0 saturated carbocycles. The number of rotatable bonds is 5. The molecule has 15 heavy (non-hydrogen) atoms. The van der Waals surface area contributed by atoms with Gasteiger partial charge in [0.2, 0.25) is 0 Å². The van der Waals surface area contributed by atoms with Gasteiger partial charge in [0.15, 0.2) is 0 Å². The second-order valence-corrected chi connectivity index (χ2v) is 4.65. The zero-order valence-corrected chi connectivity index (χ0v) is 9.24. The summed E-state index contributed by atoms with van der Waals surface area (Å²) < 4.78 is 0. The van der Waals surface area contributed by atoms with Crippen LogP contribution in [0.3, 0.4) is 0 Å². The third-order valence-corrected chi connectivity index (χ3v) is 3.16. The van der Waals surface area contributed by atoms with Crippen LogP contribution in [-0.2, 0) is 0 Å². The van der Waals surface area contributed by atoms with Crippen LogP contribution in [0.5, 0.6) is 0 Å². The van der Waals surface area contributed by atoms with Gasteiger partial charge in [0.05, 0.1) is 9.82 Å². The molecule has 0 aromatic heterocycles. The number of aliphatic hydroxyl groups is 1. The predicted molar refractivity (Wildman–Crippen MR) is 60.1 cm³/mol. The molecule has 0 amide bonds. The Hall–Kier alpha value is -1.07. The summed E-state index contributed by atoms with van der Waals surface area (Å²) in [6.45, 7) is 2.05. The van der Waals surface area contributed by atoms with Crippen molar-refractivity contribution in [3.8, 4) is 0 Å². The van der Waals surface area contributed by atoms with Crippen LogP contribution in [0.25, 0.3) is 0 Å². The number of nitrogens with zero attached hydrogens (tertiary/aromatic N) is 1. The van der Waals surface area contributed by atoms with E-state index in [4.69, 9.17) is 5.11 Å². The average Bonchev–Trinajstić information content (AvgIpc) is 2.18. The molecule has 0 saturated heterocycles. The van der Waals surface area contributed by atoms with Crippen LogP contribution in [0.2, 0.25) is 0 Å². The van der Waals surface area contributed by atoms with E-state index in [0.717, 1.165) is 0 Å². The van der Waals surface area contributed by atoms with Gasteiger partial charge in [-0.05, 0) is 12.5 Å². The Kier molecular flexibility index (Phi) is 4.58. The van der Waals surface area contributed by atoms with E-state index in [1.807, 2.05) is 6.92 Å². The number of aliphatic hydroxyl groups excluding tert-OH is 1. The highest BCUT2D eigenvalue weighted by atomic mass is 32.2. The van der Waals surface area contributed by atoms with Crippen LogP contribution < -0.4 is 0 Å². The Bertz CT molecular complexity index is 343. The second-order valence-electron chi connectivity index (χ2n) is 3.17. The number of nitro groups is 1. The molecule has 1 N–H and O–H groups in total. The molecule has 1 unspecified atom stereocenters. The smallest absolute Gasteiger partial charge is 0.282 e. The molecule has 0 bridgehead atoms. The Morgan fingerprint density at radius 1 is 1.53 bits per heavy atom. The van der Waals surface area contributed by atoms with Crippen molar-refractivity contribution in [1.82, 2.24) is 0 Å². The predicted octanol–water partition coefficient (Wildman–Crippen LogP) is 2.46. The topological polar surface area (TPSA) is 63.4 Å². The largest absolute Gasteiger partial charge is 0.396 e. The number of hydrogen-bond acceptors (Lipinski definition) is 4. The van der Waals surface area contributed by atoms with Crippen molar-refractivity contribution in [2.75, 3.05) is 6.61 Å². The van der Waals surface area contributed by atoms with E-state index in [9.17, 15) is 10.1 Å². The second kappa shape index (κ2) is 5.72. The fourth-order valence-corrected chi connectivity index (χ4v) is 2.24. The minimum Gasteiger partial charge on any atom is -0.396 e. The van der Waals surface area contributed by atoms with Crippen molar-refractivity contribution >= 4 is 17.4 Å². The molecule has 1 rings (SSSR count). The number of thioether (sulfide) groups is 1. The van der Waals surface area contributed by atoms with E-state index >= 15 is 0 Å². The lowest BCUT2D eigenvalue weighted by atomic mass is 10.3. The number of benzene rings is 1. The maximum atomic E-state index is 10.7. The molecule has 5 heteroatoms. The third-order valence-electron chi connectivity index (χ3n) is 1.93. The van der Waals surface area contributed by atoms with Gasteiger partial charge in [0.25, 0.3) is 5.69 Å². The van der Waals surface area contributed by atoms with Crippen LogP contribution in [0.4, 0.5) is 5.69 Å². The molecule has 1 aromatic rings. The van der Waals surface area contributed by atoms with E-state index < -0.39 is 0 Å². The van der Waals surface area contributed by atoms with Gasteiger partial charge in [-0.3, -0.25) is 10.1 Å². The molecule has 0 heterocycles. The molecule has 1 aromatic carbocycles. The van der Waals surface area contributed by atoms with Gasteiger partial charge in [-0.1, -0.05) is 19.1 Å². The van der Waals surface area contributed by atoms with E-state index in [1.165, 1.54) is 17.8 Å². The van der Waals surface area contributed by atoms with Crippen LogP contribution in [0.15, 0.2) is 29.2 Å². The molecular formula is C10H13NO3S. The minimum atomic E-state index is -0.381. The van der Waals surface area contributed by atoms with Gasteiger partial charge in [-0.2, -0.15) is 0 Å². The summed E-state index contributed by atoms with van der Waals surface area (Å²) in [5, 5.41) is 19.6. The minimum absolute atomic E-state index is 0.106. The standard InChI is InChI=1S/C10H13NO3S/c1-8(6-7-12)15-10-5-3-2-4-9(10)11(13)14/h2-5,8,12H,6-7H2,1H3. The average molecular weight is 227 g/mol. The quantitative estimate of drug-likeness (QED) is 0.477. The Morgan fingerprint density at radius 2 is 2.20 bits per heavy atom. The fraction of sp³-hybridized carbons (Fsp3) is 0.400. The van der Waals surface area contributed by atoms with Crippen molar-refractivity contribution in [2.24, 2.45) is 0 Å². The van der Waals surface area contributed by atoms with Crippen LogP contribution in [0.1, 0.15) is 13.3 Å². The summed E-state index contributed by atoms with van der Waals surface area (Å²) in [6, 6.07) is 6.66. The van der Waals surface area contributed by atoms with E-state index in [2.05, 4.69) is 0 Å². The SMILES string of the molecule is CC(CCO)Sc1ccccc1[N+](=O)[O-]. The van der Waals surface area contributed by atoms with E-state index in [-0.39, 0.29) is 22.5 Å². The Labute approximate surface area is 92.5 Å². The summed E-state index contributed by atoms with van der Waals surface area (Å²) in [4.78, 5) is 11.0.